The van der Waals surface area contributed by atoms with Crippen LogP contribution in [-0.4, -0.2) is 20.0 Å². The van der Waals surface area contributed by atoms with Crippen LogP contribution in [0.5, 0.6) is 0 Å². The Kier molecular flexibility index (Phi) is 5.73. The summed E-state index contributed by atoms with van der Waals surface area (Å²) < 4.78 is 20.5. The van der Waals surface area contributed by atoms with E-state index in [9.17, 15) is 8.42 Å². The molecule has 1 aromatic rings. The number of rotatable bonds is 0. The van der Waals surface area contributed by atoms with Gasteiger partial charge in [0.15, 0.2) is 0 Å². The van der Waals surface area contributed by atoms with E-state index in [1.54, 1.807) is 0 Å². The van der Waals surface area contributed by atoms with Crippen LogP contribution in [0.15, 0.2) is 36.4 Å². The van der Waals surface area contributed by atoms with Gasteiger partial charge in [0.2, 0.25) is 10.3 Å². The quantitative estimate of drug-likeness (QED) is 0.680. The minimum atomic E-state index is -2.00. The maximum absolute atomic E-state index is 10.3. The molecule has 82 valence electrons. The molecule has 1 aromatic carbocycles. The molecule has 1 aliphatic heterocycles. The van der Waals surface area contributed by atoms with Crippen LogP contribution in [0.25, 0.3) is 0 Å². The average Bonchev–Trinajstić information content (AvgIpc) is 2.33. The Hall–Kier alpha value is -1.13. The molecule has 2 rings (SSSR count). The molecule has 0 aromatic heterocycles. The van der Waals surface area contributed by atoms with E-state index in [4.69, 9.17) is 0 Å². The van der Waals surface area contributed by atoms with Crippen molar-refractivity contribution >= 4 is 15.3 Å². The summed E-state index contributed by atoms with van der Waals surface area (Å²) >= 11 is 0. The fourth-order valence-electron chi connectivity index (χ4n) is 1.25. The molecule has 0 saturated carbocycles. The molecule has 0 atom stereocenters. The summed E-state index contributed by atoms with van der Waals surface area (Å²) in [6, 6.07) is 12.0. The predicted octanol–water partition coefficient (Wildman–Crippen LogP) is 1.46. The van der Waals surface area contributed by atoms with Crippen LogP contribution in [0, 0.1) is 0 Å². The third-order valence-corrected chi connectivity index (χ3v) is 2.77. The van der Waals surface area contributed by atoms with E-state index in [0.717, 1.165) is 19.4 Å². The lowest BCUT2D eigenvalue weighted by Crippen LogP contribution is -2.29. The van der Waals surface area contributed by atoms with Crippen LogP contribution in [0.1, 0.15) is 19.3 Å². The van der Waals surface area contributed by atoms with E-state index in [0.29, 0.717) is 11.4 Å². The molecule has 0 amide bonds. The standard InChI is InChI=1S/C6H6.C5H9NO2S/c1-2-4-6-5-3-1;7-9(8)5-3-1-2-4-6-5/h1-6H;6H,1-4H2. The van der Waals surface area contributed by atoms with Crippen LogP contribution in [0.2, 0.25) is 0 Å². The summed E-state index contributed by atoms with van der Waals surface area (Å²) in [4.78, 5) is 0.473. The second kappa shape index (κ2) is 7.20. The molecule has 0 unspecified atom stereocenters. The maximum Gasteiger partial charge on any atom is 0.228 e. The zero-order valence-corrected chi connectivity index (χ0v) is 9.33. The van der Waals surface area contributed by atoms with Gasteiger partial charge in [0.25, 0.3) is 0 Å². The van der Waals surface area contributed by atoms with E-state index in [-0.39, 0.29) is 0 Å². The molecule has 0 bridgehead atoms. The number of hydrogen-bond donors (Lipinski definition) is 1. The zero-order chi connectivity index (χ0) is 10.9. The number of benzene rings is 1. The van der Waals surface area contributed by atoms with E-state index in [1.165, 1.54) is 0 Å². The first kappa shape index (κ1) is 11.9. The predicted molar refractivity (Wildman–Crippen MR) is 62.2 cm³/mol. The van der Waals surface area contributed by atoms with Gasteiger partial charge in [0.1, 0.15) is 4.99 Å². The first-order valence-corrected chi connectivity index (χ1v) is 6.07. The van der Waals surface area contributed by atoms with E-state index in [1.807, 2.05) is 36.4 Å². The third-order valence-electron chi connectivity index (χ3n) is 2.02. The molecule has 1 aliphatic rings. The number of hydrogen-bond acceptors (Lipinski definition) is 2. The SMILES string of the molecule is O=S(=O)=C1CCCCN1.c1ccccc1. The van der Waals surface area contributed by atoms with Crippen molar-refractivity contribution in [3.8, 4) is 0 Å². The fourth-order valence-corrected chi connectivity index (χ4v) is 1.78. The zero-order valence-electron chi connectivity index (χ0n) is 8.52. The van der Waals surface area contributed by atoms with Crippen molar-refractivity contribution in [1.82, 2.24) is 5.32 Å². The third kappa shape index (κ3) is 5.34. The van der Waals surface area contributed by atoms with Crippen molar-refractivity contribution in [2.75, 3.05) is 6.54 Å². The van der Waals surface area contributed by atoms with Gasteiger partial charge in [-0.1, -0.05) is 36.4 Å². The Morgan fingerprint density at radius 2 is 1.47 bits per heavy atom. The fraction of sp³-hybridized carbons (Fsp3) is 0.364. The summed E-state index contributed by atoms with van der Waals surface area (Å²) in [5, 5.41) is 2.82. The summed E-state index contributed by atoms with van der Waals surface area (Å²) in [6.07, 6.45) is 2.77. The summed E-state index contributed by atoms with van der Waals surface area (Å²) in [7, 11) is -2.00. The lowest BCUT2D eigenvalue weighted by Gasteiger charge is -2.09. The van der Waals surface area contributed by atoms with Crippen LogP contribution in [0.4, 0.5) is 0 Å². The molecule has 0 aliphatic carbocycles. The molecule has 0 spiro atoms. The second-order valence-electron chi connectivity index (χ2n) is 3.20. The van der Waals surface area contributed by atoms with Crippen molar-refractivity contribution in [2.45, 2.75) is 19.3 Å². The molecule has 0 radical (unpaired) electrons. The molecule has 1 fully saturated rings. The Labute approximate surface area is 91.7 Å². The first-order valence-electron chi connectivity index (χ1n) is 4.99. The largest absolute Gasteiger partial charge is 0.279 e. The molecule has 1 N–H and O–H groups in total. The number of piperidine rings is 1. The van der Waals surface area contributed by atoms with Crippen LogP contribution < -0.4 is 5.32 Å². The van der Waals surface area contributed by atoms with Crippen molar-refractivity contribution in [1.29, 1.82) is 0 Å². The van der Waals surface area contributed by atoms with E-state index in [2.05, 4.69) is 5.32 Å². The Balaban J connectivity index is 0.000000162. The summed E-state index contributed by atoms with van der Waals surface area (Å²) in [5.41, 5.74) is 0. The van der Waals surface area contributed by atoms with Crippen LogP contribution in [0.3, 0.4) is 0 Å². The van der Waals surface area contributed by atoms with Gasteiger partial charge in [-0.15, -0.1) is 0 Å². The normalized spacial score (nSPS) is 15.1. The van der Waals surface area contributed by atoms with Crippen molar-refractivity contribution in [2.24, 2.45) is 0 Å². The highest BCUT2D eigenvalue weighted by Crippen LogP contribution is 1.99. The first-order chi connectivity index (χ1) is 7.30. The minimum absolute atomic E-state index is 0.473. The lowest BCUT2D eigenvalue weighted by molar-refractivity contribution is 0.621. The monoisotopic (exact) mass is 225 g/mol. The molecule has 1 saturated heterocycles. The van der Waals surface area contributed by atoms with Gasteiger partial charge >= 0.3 is 0 Å². The van der Waals surface area contributed by atoms with Gasteiger partial charge in [0, 0.05) is 6.54 Å². The van der Waals surface area contributed by atoms with E-state index < -0.39 is 10.3 Å². The van der Waals surface area contributed by atoms with Gasteiger partial charge in [0.05, 0.1) is 0 Å². The van der Waals surface area contributed by atoms with Gasteiger partial charge in [-0.3, -0.25) is 5.32 Å². The summed E-state index contributed by atoms with van der Waals surface area (Å²) in [5.74, 6) is 0. The highest BCUT2D eigenvalue weighted by atomic mass is 32.2. The lowest BCUT2D eigenvalue weighted by atomic mass is 10.2. The molecule has 15 heavy (non-hydrogen) atoms. The highest BCUT2D eigenvalue weighted by Gasteiger charge is 2.05. The molecule has 4 heteroatoms. The Bertz CT molecular complexity index is 355. The van der Waals surface area contributed by atoms with Gasteiger partial charge < -0.3 is 0 Å². The van der Waals surface area contributed by atoms with Gasteiger partial charge in [-0.05, 0) is 19.3 Å². The van der Waals surface area contributed by atoms with Gasteiger partial charge in [-0.25, -0.2) is 0 Å². The van der Waals surface area contributed by atoms with Crippen molar-refractivity contribution in [3.05, 3.63) is 36.4 Å². The minimum Gasteiger partial charge on any atom is -0.279 e. The molecular formula is C11H15NO2S. The number of nitrogens with one attached hydrogen (secondary N) is 1. The van der Waals surface area contributed by atoms with Crippen LogP contribution in [-0.2, 0) is 10.3 Å². The van der Waals surface area contributed by atoms with Crippen molar-refractivity contribution in [3.63, 3.8) is 0 Å². The highest BCUT2D eigenvalue weighted by molar-refractivity contribution is 7.72. The molecule has 3 nitrogen and oxygen atoms in total. The maximum atomic E-state index is 10.3. The van der Waals surface area contributed by atoms with E-state index >= 15 is 0 Å². The summed E-state index contributed by atoms with van der Waals surface area (Å²) in [6.45, 7) is 0.809. The second-order valence-corrected chi connectivity index (χ2v) is 4.16. The Morgan fingerprint density at radius 3 is 1.73 bits per heavy atom. The van der Waals surface area contributed by atoms with Crippen molar-refractivity contribution < 1.29 is 8.42 Å². The molecular weight excluding hydrogens is 210 g/mol. The molecule has 1 heterocycles. The average molecular weight is 225 g/mol. The van der Waals surface area contributed by atoms with Gasteiger partial charge in [-0.2, -0.15) is 8.42 Å². The smallest absolute Gasteiger partial charge is 0.228 e. The topological polar surface area (TPSA) is 46.2 Å². The van der Waals surface area contributed by atoms with Crippen LogP contribution >= 0.6 is 0 Å². The Morgan fingerprint density at radius 1 is 0.933 bits per heavy atom.